The topological polar surface area (TPSA) is 55.1 Å². The number of benzene rings is 1. The highest BCUT2D eigenvalue weighted by Gasteiger charge is 2.18. The number of para-hydroxylation sites is 1. The summed E-state index contributed by atoms with van der Waals surface area (Å²) in [4.78, 5) is 15.6. The van der Waals surface area contributed by atoms with Crippen LogP contribution in [0.15, 0.2) is 18.2 Å². The van der Waals surface area contributed by atoms with Gasteiger partial charge in [0, 0.05) is 6.04 Å². The van der Waals surface area contributed by atoms with Crippen molar-refractivity contribution in [2.45, 2.75) is 39.7 Å². The van der Waals surface area contributed by atoms with Gasteiger partial charge in [0.05, 0.1) is 11.1 Å². The van der Waals surface area contributed by atoms with Gasteiger partial charge in [-0.25, -0.2) is 9.78 Å². The van der Waals surface area contributed by atoms with Crippen LogP contribution in [0.5, 0.6) is 0 Å². The zero-order valence-electron chi connectivity index (χ0n) is 11.0. The monoisotopic (exact) mass is 246 g/mol. The number of nitrogens with zero attached hydrogens (tertiary/aromatic N) is 2. The lowest BCUT2D eigenvalue weighted by Gasteiger charge is -2.17. The zero-order chi connectivity index (χ0) is 13.3. The van der Waals surface area contributed by atoms with E-state index in [2.05, 4.69) is 23.4 Å². The maximum atomic E-state index is 11.2. The van der Waals surface area contributed by atoms with Crippen LogP contribution in [0.3, 0.4) is 0 Å². The van der Waals surface area contributed by atoms with Gasteiger partial charge in [0.15, 0.2) is 0 Å². The minimum Gasteiger partial charge on any atom is -0.478 e. The predicted octanol–water partition coefficient (Wildman–Crippen LogP) is 3.40. The van der Waals surface area contributed by atoms with E-state index in [-0.39, 0.29) is 5.56 Å². The Balaban J connectivity index is 2.73. The van der Waals surface area contributed by atoms with Crippen LogP contribution >= 0.6 is 0 Å². The van der Waals surface area contributed by atoms with Gasteiger partial charge < -0.3 is 9.67 Å². The third-order valence-corrected chi connectivity index (χ3v) is 3.43. The molecule has 0 aliphatic rings. The highest BCUT2D eigenvalue weighted by atomic mass is 16.4. The first kappa shape index (κ1) is 12.6. The fraction of sp³-hybridized carbons (Fsp3) is 0.429. The smallest absolute Gasteiger partial charge is 0.337 e. The molecular formula is C14H18N2O2. The van der Waals surface area contributed by atoms with Crippen LogP contribution in [0.1, 0.15) is 48.9 Å². The van der Waals surface area contributed by atoms with Crippen LogP contribution in [0, 0.1) is 6.92 Å². The van der Waals surface area contributed by atoms with Gasteiger partial charge in [-0.3, -0.25) is 0 Å². The molecule has 0 unspecified atom stereocenters. The third-order valence-electron chi connectivity index (χ3n) is 3.43. The van der Waals surface area contributed by atoms with E-state index in [1.54, 1.807) is 12.1 Å². The summed E-state index contributed by atoms with van der Waals surface area (Å²) in [6, 6.07) is 5.71. The fourth-order valence-electron chi connectivity index (χ4n) is 2.52. The van der Waals surface area contributed by atoms with Crippen molar-refractivity contribution >= 4 is 17.0 Å². The molecule has 96 valence electrons. The van der Waals surface area contributed by atoms with E-state index in [4.69, 9.17) is 0 Å². The Bertz CT molecular complexity index is 583. The number of aryl methyl sites for hydroxylation is 1. The molecule has 2 aromatic rings. The number of aromatic carboxylic acids is 1. The molecule has 0 spiro atoms. The van der Waals surface area contributed by atoms with E-state index in [9.17, 15) is 9.90 Å². The molecule has 4 nitrogen and oxygen atoms in total. The molecule has 0 radical (unpaired) electrons. The lowest BCUT2D eigenvalue weighted by atomic mass is 10.1. The molecule has 0 amide bonds. The van der Waals surface area contributed by atoms with Gasteiger partial charge in [-0.1, -0.05) is 19.9 Å². The molecule has 18 heavy (non-hydrogen) atoms. The Labute approximate surface area is 106 Å². The van der Waals surface area contributed by atoms with Crippen molar-refractivity contribution in [1.82, 2.24) is 9.55 Å². The molecule has 1 N–H and O–H groups in total. The molecule has 2 rings (SSSR count). The number of fused-ring (bicyclic) bond motifs is 1. The van der Waals surface area contributed by atoms with Crippen molar-refractivity contribution in [3.05, 3.63) is 29.6 Å². The minimum absolute atomic E-state index is 0.278. The van der Waals surface area contributed by atoms with Crippen molar-refractivity contribution in [3.8, 4) is 0 Å². The molecule has 0 fully saturated rings. The molecule has 0 aliphatic heterocycles. The number of rotatable bonds is 4. The van der Waals surface area contributed by atoms with E-state index < -0.39 is 5.97 Å². The van der Waals surface area contributed by atoms with Crippen LogP contribution < -0.4 is 0 Å². The largest absolute Gasteiger partial charge is 0.478 e. The molecule has 0 aliphatic carbocycles. The van der Waals surface area contributed by atoms with Gasteiger partial charge in [0.1, 0.15) is 11.3 Å². The summed E-state index contributed by atoms with van der Waals surface area (Å²) in [5.74, 6) is -0.0396. The number of hydrogen-bond acceptors (Lipinski definition) is 2. The van der Waals surface area contributed by atoms with E-state index in [1.165, 1.54) is 0 Å². The molecule has 4 heteroatoms. The first-order valence-electron chi connectivity index (χ1n) is 6.31. The summed E-state index contributed by atoms with van der Waals surface area (Å²) in [5.41, 5.74) is 1.79. The zero-order valence-corrected chi connectivity index (χ0v) is 11.0. The van der Waals surface area contributed by atoms with E-state index in [1.807, 2.05) is 13.0 Å². The first-order chi connectivity index (χ1) is 8.60. The first-order valence-corrected chi connectivity index (χ1v) is 6.31. The molecule has 0 bridgehead atoms. The Kier molecular flexibility index (Phi) is 3.36. The standard InChI is InChI=1S/C14H18N2O2/c1-4-10(5-2)16-9(3)15-13-11(14(17)18)7-6-8-12(13)16/h6-8,10H,4-5H2,1-3H3,(H,17,18). The molecule has 0 saturated heterocycles. The second-order valence-electron chi connectivity index (χ2n) is 4.48. The Morgan fingerprint density at radius 1 is 1.39 bits per heavy atom. The minimum atomic E-state index is -0.921. The summed E-state index contributed by atoms with van der Waals surface area (Å²) in [6.07, 6.45) is 2.03. The van der Waals surface area contributed by atoms with E-state index in [0.717, 1.165) is 24.2 Å². The van der Waals surface area contributed by atoms with Crippen molar-refractivity contribution < 1.29 is 9.90 Å². The number of carboxylic acid groups (broad SMARTS) is 1. The van der Waals surface area contributed by atoms with Crippen LogP contribution in [0.25, 0.3) is 11.0 Å². The average Bonchev–Trinajstić information content (AvgIpc) is 2.67. The summed E-state index contributed by atoms with van der Waals surface area (Å²) >= 11 is 0. The van der Waals surface area contributed by atoms with Crippen molar-refractivity contribution in [3.63, 3.8) is 0 Å². The highest BCUT2D eigenvalue weighted by molar-refractivity contribution is 6.01. The quantitative estimate of drug-likeness (QED) is 0.899. The van der Waals surface area contributed by atoms with Gasteiger partial charge >= 0.3 is 5.97 Å². The van der Waals surface area contributed by atoms with Gasteiger partial charge in [0.25, 0.3) is 0 Å². The SMILES string of the molecule is CCC(CC)n1c(C)nc2c(C(=O)O)cccc21. The third kappa shape index (κ3) is 1.88. The number of imidazole rings is 1. The predicted molar refractivity (Wildman–Crippen MR) is 71.0 cm³/mol. The molecule has 1 heterocycles. The summed E-state index contributed by atoms with van der Waals surface area (Å²) in [6.45, 7) is 6.21. The Hall–Kier alpha value is -1.84. The second-order valence-corrected chi connectivity index (χ2v) is 4.48. The summed E-state index contributed by atoms with van der Waals surface area (Å²) in [7, 11) is 0. The molecule has 0 saturated carbocycles. The van der Waals surface area contributed by atoms with Crippen LogP contribution in [-0.2, 0) is 0 Å². The second kappa shape index (κ2) is 4.80. The van der Waals surface area contributed by atoms with E-state index >= 15 is 0 Å². The summed E-state index contributed by atoms with van der Waals surface area (Å²) in [5, 5.41) is 9.19. The maximum absolute atomic E-state index is 11.2. The van der Waals surface area contributed by atoms with Crippen molar-refractivity contribution in [2.75, 3.05) is 0 Å². The van der Waals surface area contributed by atoms with Crippen LogP contribution in [0.4, 0.5) is 0 Å². The van der Waals surface area contributed by atoms with Gasteiger partial charge in [-0.05, 0) is 31.9 Å². The molecule has 1 aromatic heterocycles. The van der Waals surface area contributed by atoms with Gasteiger partial charge in [0.2, 0.25) is 0 Å². The maximum Gasteiger partial charge on any atom is 0.337 e. The number of hydrogen-bond donors (Lipinski definition) is 1. The van der Waals surface area contributed by atoms with Crippen LogP contribution in [-0.4, -0.2) is 20.6 Å². The number of carbonyl (C=O) groups is 1. The number of carboxylic acids is 1. The lowest BCUT2D eigenvalue weighted by Crippen LogP contribution is -2.08. The lowest BCUT2D eigenvalue weighted by molar-refractivity contribution is 0.0699. The Morgan fingerprint density at radius 2 is 2.06 bits per heavy atom. The van der Waals surface area contributed by atoms with Crippen molar-refractivity contribution in [2.24, 2.45) is 0 Å². The molecular weight excluding hydrogens is 228 g/mol. The summed E-state index contributed by atoms with van der Waals surface area (Å²) < 4.78 is 2.15. The Morgan fingerprint density at radius 3 is 2.61 bits per heavy atom. The van der Waals surface area contributed by atoms with Crippen molar-refractivity contribution in [1.29, 1.82) is 0 Å². The van der Waals surface area contributed by atoms with Crippen LogP contribution in [0.2, 0.25) is 0 Å². The fourth-order valence-corrected chi connectivity index (χ4v) is 2.52. The average molecular weight is 246 g/mol. The number of aromatic nitrogens is 2. The highest BCUT2D eigenvalue weighted by Crippen LogP contribution is 2.26. The van der Waals surface area contributed by atoms with E-state index in [0.29, 0.717) is 11.6 Å². The van der Waals surface area contributed by atoms with Gasteiger partial charge in [-0.2, -0.15) is 0 Å². The molecule has 1 aromatic carbocycles. The van der Waals surface area contributed by atoms with Gasteiger partial charge in [-0.15, -0.1) is 0 Å². The molecule has 0 atom stereocenters. The normalized spacial score (nSPS) is 11.3.